The van der Waals surface area contributed by atoms with Gasteiger partial charge in [-0.15, -0.1) is 0 Å². The fourth-order valence-corrected chi connectivity index (χ4v) is 11.0. The summed E-state index contributed by atoms with van der Waals surface area (Å²) >= 11 is 0. The van der Waals surface area contributed by atoms with Crippen LogP contribution in [0.2, 0.25) is 0 Å². The van der Waals surface area contributed by atoms with E-state index in [2.05, 4.69) is 105 Å². The molecule has 0 unspecified atom stereocenters. The molecule has 3 aromatic carbocycles. The Morgan fingerprint density at radius 1 is 0.640 bits per heavy atom. The van der Waals surface area contributed by atoms with Gasteiger partial charge in [-0.25, -0.2) is 0 Å². The summed E-state index contributed by atoms with van der Waals surface area (Å²) in [5.41, 5.74) is -0.140. The second-order valence-electron chi connectivity index (χ2n) is 7.54. The van der Waals surface area contributed by atoms with E-state index in [0.29, 0.717) is 0 Å². The fraction of sp³-hybridized carbons (Fsp3) is 0.217. The van der Waals surface area contributed by atoms with Gasteiger partial charge in [-0.1, -0.05) is 0 Å². The summed E-state index contributed by atoms with van der Waals surface area (Å²) in [5, 5.41) is 3.99. The summed E-state index contributed by atoms with van der Waals surface area (Å²) in [5.74, 6) is 0. The van der Waals surface area contributed by atoms with Crippen molar-refractivity contribution in [3.05, 3.63) is 91.0 Å². The molecule has 0 N–H and O–H groups in total. The van der Waals surface area contributed by atoms with E-state index in [1.165, 1.54) is 15.9 Å². The predicted molar refractivity (Wildman–Crippen MR) is 110 cm³/mol. The van der Waals surface area contributed by atoms with Crippen molar-refractivity contribution in [2.45, 2.75) is 25.9 Å². The van der Waals surface area contributed by atoms with E-state index < -0.39 is 6.83 Å². The summed E-state index contributed by atoms with van der Waals surface area (Å²) in [7, 11) is 0. The Hall–Kier alpha value is -1.95. The maximum absolute atomic E-state index is 7.21. The van der Waals surface area contributed by atoms with E-state index >= 15 is 0 Å². The molecule has 0 aromatic heterocycles. The molecular weight excluding hydrogens is 323 g/mol. The Morgan fingerprint density at radius 2 is 1.00 bits per heavy atom. The summed E-state index contributed by atoms with van der Waals surface area (Å²) in [4.78, 5) is 0. The van der Waals surface area contributed by atoms with Crippen molar-refractivity contribution in [1.82, 2.24) is 0 Å². The molecule has 1 nitrogen and oxygen atoms in total. The zero-order valence-corrected chi connectivity index (χ0v) is 15.8. The Labute approximate surface area is 150 Å². The third-order valence-corrected chi connectivity index (χ3v) is 11.6. The van der Waals surface area contributed by atoms with Gasteiger partial charge in [0.2, 0.25) is 0 Å². The Balaban J connectivity index is 2.14. The van der Waals surface area contributed by atoms with Gasteiger partial charge in [0.15, 0.2) is 0 Å². The Bertz CT molecular complexity index is 757. The molecule has 3 aromatic rings. The Kier molecular flexibility index (Phi) is 3.83. The molecule has 0 saturated carbocycles. The topological polar surface area (TPSA) is 9.23 Å². The van der Waals surface area contributed by atoms with Gasteiger partial charge in [-0.3, -0.25) is 0 Å². The molecule has 0 spiro atoms. The van der Waals surface area contributed by atoms with Gasteiger partial charge in [0, 0.05) is 0 Å². The van der Waals surface area contributed by atoms with Crippen LogP contribution in [-0.2, 0) is 4.52 Å². The van der Waals surface area contributed by atoms with Gasteiger partial charge in [-0.05, 0) is 0 Å². The first-order chi connectivity index (χ1) is 12.1. The van der Waals surface area contributed by atoms with E-state index in [1.807, 2.05) is 0 Å². The van der Waals surface area contributed by atoms with Gasteiger partial charge < -0.3 is 0 Å². The standard InChI is InChI=1S/C23H25OP/c1-23(2)18-19-25(24-23,20-12-6-3-7-13-20,21-14-8-4-9-15-21)22-16-10-5-11-17-22/h3-17H,18-19H2,1-2H3. The molecule has 25 heavy (non-hydrogen) atoms. The normalized spacial score (nSPS) is 21.9. The van der Waals surface area contributed by atoms with Crippen LogP contribution < -0.4 is 15.9 Å². The number of hydrogen-bond donors (Lipinski definition) is 0. The first-order valence-corrected chi connectivity index (χ1v) is 11.3. The molecule has 0 radical (unpaired) electrons. The summed E-state index contributed by atoms with van der Waals surface area (Å²) in [6, 6.07) is 32.7. The van der Waals surface area contributed by atoms with Crippen LogP contribution in [0, 0.1) is 0 Å². The molecule has 0 atom stereocenters. The zero-order valence-electron chi connectivity index (χ0n) is 14.9. The van der Waals surface area contributed by atoms with Crippen molar-refractivity contribution in [2.24, 2.45) is 0 Å². The van der Waals surface area contributed by atoms with Gasteiger partial charge in [-0.2, -0.15) is 0 Å². The van der Waals surface area contributed by atoms with Crippen molar-refractivity contribution in [1.29, 1.82) is 0 Å². The zero-order chi connectivity index (χ0) is 17.4. The molecule has 1 aliphatic heterocycles. The molecule has 2 heteroatoms. The van der Waals surface area contributed by atoms with Gasteiger partial charge in [0.05, 0.1) is 0 Å². The quantitative estimate of drug-likeness (QED) is 0.627. The van der Waals surface area contributed by atoms with Crippen molar-refractivity contribution in [2.75, 3.05) is 6.16 Å². The van der Waals surface area contributed by atoms with E-state index in [-0.39, 0.29) is 5.60 Å². The maximum atomic E-state index is 7.21. The minimum atomic E-state index is -2.96. The van der Waals surface area contributed by atoms with Crippen molar-refractivity contribution >= 4 is 22.7 Å². The third kappa shape index (κ3) is 2.38. The molecule has 1 fully saturated rings. The Morgan fingerprint density at radius 3 is 1.28 bits per heavy atom. The van der Waals surface area contributed by atoms with E-state index in [4.69, 9.17) is 4.52 Å². The fourth-order valence-electron chi connectivity index (χ4n) is 4.34. The van der Waals surface area contributed by atoms with Crippen molar-refractivity contribution < 1.29 is 4.52 Å². The monoisotopic (exact) mass is 348 g/mol. The van der Waals surface area contributed by atoms with Gasteiger partial charge in [0.1, 0.15) is 0 Å². The molecule has 128 valence electrons. The summed E-state index contributed by atoms with van der Waals surface area (Å²) in [6.45, 7) is 1.51. The molecule has 1 heterocycles. The summed E-state index contributed by atoms with van der Waals surface area (Å²) < 4.78 is 7.21. The first-order valence-electron chi connectivity index (χ1n) is 8.96. The average molecular weight is 348 g/mol. The van der Waals surface area contributed by atoms with E-state index in [9.17, 15) is 0 Å². The molecule has 1 aliphatic rings. The number of hydrogen-bond acceptors (Lipinski definition) is 1. The van der Waals surface area contributed by atoms with Gasteiger partial charge in [0.25, 0.3) is 0 Å². The van der Waals surface area contributed by atoms with Crippen LogP contribution in [0.3, 0.4) is 0 Å². The van der Waals surface area contributed by atoms with Gasteiger partial charge >= 0.3 is 150 Å². The van der Waals surface area contributed by atoms with Crippen molar-refractivity contribution in [3.63, 3.8) is 0 Å². The molecular formula is C23H25OP. The molecule has 0 aliphatic carbocycles. The molecule has 0 amide bonds. The number of rotatable bonds is 3. The van der Waals surface area contributed by atoms with Crippen LogP contribution in [0.4, 0.5) is 0 Å². The van der Waals surface area contributed by atoms with Crippen LogP contribution in [0.5, 0.6) is 0 Å². The van der Waals surface area contributed by atoms with Crippen LogP contribution >= 0.6 is 6.83 Å². The molecule has 4 rings (SSSR count). The van der Waals surface area contributed by atoms with E-state index in [1.54, 1.807) is 0 Å². The summed E-state index contributed by atoms with van der Waals surface area (Å²) in [6.07, 6.45) is 2.11. The van der Waals surface area contributed by atoms with E-state index in [0.717, 1.165) is 12.6 Å². The predicted octanol–water partition coefficient (Wildman–Crippen LogP) is 4.63. The van der Waals surface area contributed by atoms with Crippen LogP contribution in [0.1, 0.15) is 20.3 Å². The minimum absolute atomic E-state index is 0.140. The first kappa shape index (κ1) is 16.5. The van der Waals surface area contributed by atoms with Crippen molar-refractivity contribution in [3.8, 4) is 0 Å². The van der Waals surface area contributed by atoms with Crippen LogP contribution in [0.15, 0.2) is 91.0 Å². The molecule has 1 saturated heterocycles. The van der Waals surface area contributed by atoms with Crippen LogP contribution in [-0.4, -0.2) is 11.8 Å². The third-order valence-electron chi connectivity index (χ3n) is 5.50. The second kappa shape index (κ2) is 5.80. The molecule has 0 bridgehead atoms. The SMILES string of the molecule is CC1(C)CCP(c2ccccc2)(c2ccccc2)(c2ccccc2)O1. The second-order valence-corrected chi connectivity index (χ2v) is 12.1. The number of benzene rings is 3. The van der Waals surface area contributed by atoms with Crippen LogP contribution in [0.25, 0.3) is 0 Å². The average Bonchev–Trinajstić information content (AvgIpc) is 2.99.